The third-order valence-electron chi connectivity index (χ3n) is 5.27. The number of benzene rings is 3. The first kappa shape index (κ1) is 15.3. The van der Waals surface area contributed by atoms with Gasteiger partial charge in [0, 0.05) is 23.5 Å². The third kappa shape index (κ3) is 1.94. The maximum absolute atomic E-state index is 2.45. The summed E-state index contributed by atoms with van der Waals surface area (Å²) in [5, 5.41) is 6.92. The van der Waals surface area contributed by atoms with Gasteiger partial charge in [0.25, 0.3) is 0 Å². The zero-order valence-electron chi connectivity index (χ0n) is 15.2. The molecular formula is C23H25N. The first-order chi connectivity index (χ1) is 11.5. The van der Waals surface area contributed by atoms with Gasteiger partial charge in [-0.3, -0.25) is 0 Å². The molecule has 1 heteroatoms. The van der Waals surface area contributed by atoms with Crippen molar-refractivity contribution in [2.75, 3.05) is 0 Å². The number of rotatable bonds is 2. The van der Waals surface area contributed by atoms with E-state index in [4.69, 9.17) is 0 Å². The molecule has 0 bridgehead atoms. The molecule has 122 valence electrons. The van der Waals surface area contributed by atoms with Crippen molar-refractivity contribution >= 4 is 32.4 Å². The van der Waals surface area contributed by atoms with Gasteiger partial charge in [0.05, 0.1) is 5.52 Å². The zero-order chi connectivity index (χ0) is 17.0. The highest BCUT2D eigenvalue weighted by Gasteiger charge is 2.23. The van der Waals surface area contributed by atoms with E-state index in [1.807, 2.05) is 0 Å². The molecule has 0 saturated heterocycles. The molecule has 0 aliphatic carbocycles. The lowest BCUT2D eigenvalue weighted by Crippen LogP contribution is -2.02. The summed E-state index contributed by atoms with van der Waals surface area (Å²) in [6, 6.07) is 17.7. The Balaban J connectivity index is 2.41. The standard InChI is InChI=1S/C23H25N/c1-14(2)20-21-18-12-8-6-10-16(18)17-11-7-9-13-19(17)23(21)24(5)22(20)15(3)4/h6-15H,1-5H3. The van der Waals surface area contributed by atoms with Gasteiger partial charge in [0.1, 0.15) is 0 Å². The summed E-state index contributed by atoms with van der Waals surface area (Å²) in [4.78, 5) is 0. The molecule has 0 radical (unpaired) electrons. The molecule has 0 N–H and O–H groups in total. The number of aromatic nitrogens is 1. The summed E-state index contributed by atoms with van der Waals surface area (Å²) in [6.45, 7) is 9.27. The van der Waals surface area contributed by atoms with E-state index < -0.39 is 0 Å². The Hall–Kier alpha value is -2.28. The fourth-order valence-electron chi connectivity index (χ4n) is 4.46. The van der Waals surface area contributed by atoms with Gasteiger partial charge in [-0.15, -0.1) is 0 Å². The smallest absolute Gasteiger partial charge is 0.0569 e. The second-order valence-electron chi connectivity index (χ2n) is 7.48. The van der Waals surface area contributed by atoms with E-state index >= 15 is 0 Å². The summed E-state index contributed by atoms with van der Waals surface area (Å²) >= 11 is 0. The van der Waals surface area contributed by atoms with Crippen LogP contribution in [0.2, 0.25) is 0 Å². The van der Waals surface area contributed by atoms with Crippen LogP contribution in [-0.2, 0) is 7.05 Å². The Kier molecular flexibility index (Phi) is 3.42. The molecule has 24 heavy (non-hydrogen) atoms. The highest BCUT2D eigenvalue weighted by molar-refractivity contribution is 6.25. The molecule has 1 aromatic heterocycles. The molecule has 0 aliphatic rings. The highest BCUT2D eigenvalue weighted by Crippen LogP contribution is 2.43. The second-order valence-corrected chi connectivity index (χ2v) is 7.48. The monoisotopic (exact) mass is 315 g/mol. The first-order valence-corrected chi connectivity index (χ1v) is 8.94. The molecular weight excluding hydrogens is 290 g/mol. The van der Waals surface area contributed by atoms with Crippen LogP contribution in [0.3, 0.4) is 0 Å². The quantitative estimate of drug-likeness (QED) is 0.361. The van der Waals surface area contributed by atoms with Crippen LogP contribution in [0.25, 0.3) is 32.4 Å². The Morgan fingerprint density at radius 3 is 1.71 bits per heavy atom. The molecule has 0 spiro atoms. The number of aryl methyl sites for hydroxylation is 1. The summed E-state index contributed by atoms with van der Waals surface area (Å²) in [5.74, 6) is 1.02. The Bertz CT molecular complexity index is 1060. The predicted octanol–water partition coefficient (Wildman–Crippen LogP) is 6.73. The van der Waals surface area contributed by atoms with Crippen LogP contribution in [0.5, 0.6) is 0 Å². The lowest BCUT2D eigenvalue weighted by molar-refractivity contribution is 0.721. The number of nitrogens with zero attached hydrogens (tertiary/aromatic N) is 1. The van der Waals surface area contributed by atoms with E-state index in [1.165, 1.54) is 43.7 Å². The lowest BCUT2D eigenvalue weighted by Gasteiger charge is -2.14. The number of fused-ring (bicyclic) bond motifs is 6. The predicted molar refractivity (Wildman–Crippen MR) is 106 cm³/mol. The van der Waals surface area contributed by atoms with Crippen molar-refractivity contribution in [3.05, 3.63) is 59.8 Å². The maximum Gasteiger partial charge on any atom is 0.0569 e. The third-order valence-corrected chi connectivity index (χ3v) is 5.27. The topological polar surface area (TPSA) is 4.93 Å². The molecule has 1 nitrogen and oxygen atoms in total. The van der Waals surface area contributed by atoms with Crippen molar-refractivity contribution in [2.45, 2.75) is 39.5 Å². The summed E-state index contributed by atoms with van der Waals surface area (Å²) in [7, 11) is 2.24. The SMILES string of the molecule is CC(C)c1c(C(C)C)n(C)c2c3ccccc3c3ccccc3c12. The Labute approximate surface area is 143 Å². The first-order valence-electron chi connectivity index (χ1n) is 8.94. The molecule has 0 fully saturated rings. The van der Waals surface area contributed by atoms with E-state index in [0.717, 1.165) is 0 Å². The Morgan fingerprint density at radius 1 is 0.667 bits per heavy atom. The van der Waals surface area contributed by atoms with Gasteiger partial charge in [-0.1, -0.05) is 76.2 Å². The fraction of sp³-hybridized carbons (Fsp3) is 0.304. The van der Waals surface area contributed by atoms with Crippen LogP contribution in [0.4, 0.5) is 0 Å². The average Bonchev–Trinajstić information content (AvgIpc) is 2.89. The zero-order valence-corrected chi connectivity index (χ0v) is 15.2. The summed E-state index contributed by atoms with van der Waals surface area (Å²) in [5.41, 5.74) is 4.38. The van der Waals surface area contributed by atoms with Gasteiger partial charge in [-0.2, -0.15) is 0 Å². The normalized spacial score (nSPS) is 12.3. The Morgan fingerprint density at radius 2 is 1.17 bits per heavy atom. The van der Waals surface area contributed by atoms with Crippen molar-refractivity contribution in [3.63, 3.8) is 0 Å². The summed E-state index contributed by atoms with van der Waals surface area (Å²) in [6.07, 6.45) is 0. The minimum atomic E-state index is 0.510. The van der Waals surface area contributed by atoms with Gasteiger partial charge < -0.3 is 4.57 Å². The van der Waals surface area contributed by atoms with Crippen LogP contribution in [-0.4, -0.2) is 4.57 Å². The van der Waals surface area contributed by atoms with E-state index in [0.29, 0.717) is 11.8 Å². The fourth-order valence-corrected chi connectivity index (χ4v) is 4.46. The summed E-state index contributed by atoms with van der Waals surface area (Å²) < 4.78 is 2.45. The molecule has 4 aromatic rings. The van der Waals surface area contributed by atoms with Gasteiger partial charge >= 0.3 is 0 Å². The largest absolute Gasteiger partial charge is 0.347 e. The molecule has 0 atom stereocenters. The second kappa shape index (κ2) is 5.37. The van der Waals surface area contributed by atoms with Crippen LogP contribution in [0.1, 0.15) is 50.8 Å². The molecule has 4 rings (SSSR count). The molecule has 0 saturated carbocycles. The lowest BCUT2D eigenvalue weighted by atomic mass is 9.90. The van der Waals surface area contributed by atoms with Gasteiger partial charge in [-0.05, 0) is 33.6 Å². The van der Waals surface area contributed by atoms with E-state index in [2.05, 4.69) is 87.8 Å². The van der Waals surface area contributed by atoms with Crippen LogP contribution in [0, 0.1) is 0 Å². The minimum absolute atomic E-state index is 0.510. The van der Waals surface area contributed by atoms with Crippen molar-refractivity contribution in [1.29, 1.82) is 0 Å². The van der Waals surface area contributed by atoms with E-state index in [9.17, 15) is 0 Å². The van der Waals surface area contributed by atoms with Crippen LogP contribution < -0.4 is 0 Å². The molecule has 3 aromatic carbocycles. The van der Waals surface area contributed by atoms with Crippen molar-refractivity contribution in [1.82, 2.24) is 4.57 Å². The van der Waals surface area contributed by atoms with Gasteiger partial charge in [0.2, 0.25) is 0 Å². The van der Waals surface area contributed by atoms with Crippen molar-refractivity contribution < 1.29 is 0 Å². The number of hydrogen-bond acceptors (Lipinski definition) is 0. The minimum Gasteiger partial charge on any atom is -0.347 e. The van der Waals surface area contributed by atoms with Gasteiger partial charge in [-0.25, -0.2) is 0 Å². The number of hydrogen-bond donors (Lipinski definition) is 0. The molecule has 0 amide bonds. The van der Waals surface area contributed by atoms with Gasteiger partial charge in [0.15, 0.2) is 0 Å². The molecule has 1 heterocycles. The average molecular weight is 315 g/mol. The van der Waals surface area contributed by atoms with E-state index in [1.54, 1.807) is 0 Å². The van der Waals surface area contributed by atoms with E-state index in [-0.39, 0.29) is 0 Å². The van der Waals surface area contributed by atoms with Crippen molar-refractivity contribution in [3.8, 4) is 0 Å². The molecule has 0 aliphatic heterocycles. The van der Waals surface area contributed by atoms with Crippen LogP contribution >= 0.6 is 0 Å². The van der Waals surface area contributed by atoms with Crippen LogP contribution in [0.15, 0.2) is 48.5 Å². The highest BCUT2D eigenvalue weighted by atomic mass is 15.0. The maximum atomic E-state index is 2.45. The molecule has 0 unspecified atom stereocenters. The van der Waals surface area contributed by atoms with Crippen molar-refractivity contribution in [2.24, 2.45) is 7.05 Å².